The van der Waals surface area contributed by atoms with Gasteiger partial charge in [0.2, 0.25) is 23.6 Å². The van der Waals surface area contributed by atoms with E-state index in [4.69, 9.17) is 28.8 Å². The first-order chi connectivity index (χ1) is 26.4. The van der Waals surface area contributed by atoms with Crippen LogP contribution in [0.5, 0.6) is 5.75 Å². The van der Waals surface area contributed by atoms with Gasteiger partial charge in [-0.15, -0.1) is 0 Å². The molecular formula is C33H50N8O14P+. The van der Waals surface area contributed by atoms with Gasteiger partial charge in [0, 0.05) is 49.1 Å². The van der Waals surface area contributed by atoms with Gasteiger partial charge in [0.15, 0.2) is 0 Å². The van der Waals surface area contributed by atoms with E-state index in [2.05, 4.69) is 26.6 Å². The smallest absolute Gasteiger partial charge is 0.475 e. The number of quaternary nitrogens is 1. The predicted molar refractivity (Wildman–Crippen MR) is 200 cm³/mol. The summed E-state index contributed by atoms with van der Waals surface area (Å²) in [6.45, 7) is 0.700. The summed E-state index contributed by atoms with van der Waals surface area (Å²) in [6.07, 6.45) is 0. The van der Waals surface area contributed by atoms with E-state index >= 15 is 0 Å². The fourth-order valence-corrected chi connectivity index (χ4v) is 4.78. The number of non-ortho nitro benzene ring substituents is 1. The second-order valence-electron chi connectivity index (χ2n) is 12.3. The molecule has 22 nitrogen and oxygen atoms in total. The summed E-state index contributed by atoms with van der Waals surface area (Å²) in [5, 5.41) is 22.5. The molecule has 23 heteroatoms. The number of carbonyl (C=O) groups excluding carboxylic acids is 6. The molecule has 2 atom stereocenters. The zero-order chi connectivity index (χ0) is 42.3. The van der Waals surface area contributed by atoms with Crippen molar-refractivity contribution in [2.24, 2.45) is 5.73 Å². The van der Waals surface area contributed by atoms with Crippen LogP contribution in [0.2, 0.25) is 0 Å². The van der Waals surface area contributed by atoms with Crippen molar-refractivity contribution in [1.82, 2.24) is 21.3 Å². The van der Waals surface area contributed by atoms with Crippen molar-refractivity contribution in [3.05, 3.63) is 63.7 Å². The Morgan fingerprint density at radius 2 is 1.61 bits per heavy atom. The molecule has 0 radical (unpaired) electrons. The lowest BCUT2D eigenvalue weighted by Crippen LogP contribution is -2.46. The number of nitrogens with two attached hydrogens (primary N) is 1. The molecule has 0 spiro atoms. The van der Waals surface area contributed by atoms with Gasteiger partial charge in [0.1, 0.15) is 38.2 Å². The maximum absolute atomic E-state index is 12.9. The number of nitro groups is 1. The normalized spacial score (nSPS) is 12.3. The molecular weight excluding hydrogens is 763 g/mol. The maximum atomic E-state index is 12.9. The first kappa shape index (κ1) is 48.5. The molecule has 0 saturated heterocycles. The summed E-state index contributed by atoms with van der Waals surface area (Å²) in [5.74, 6) is -2.38. The highest BCUT2D eigenvalue weighted by Crippen LogP contribution is 2.48. The minimum Gasteiger partial charge on any atom is -0.497 e. The van der Waals surface area contributed by atoms with E-state index in [1.807, 2.05) is 21.1 Å². The van der Waals surface area contributed by atoms with Gasteiger partial charge < -0.3 is 46.3 Å². The van der Waals surface area contributed by atoms with Crippen molar-refractivity contribution in [3.8, 4) is 5.75 Å². The van der Waals surface area contributed by atoms with Crippen LogP contribution in [0.15, 0.2) is 42.5 Å². The Balaban J connectivity index is 0.00000121. The molecule has 0 aliphatic carbocycles. The van der Waals surface area contributed by atoms with Crippen molar-refractivity contribution in [3.63, 3.8) is 0 Å². The van der Waals surface area contributed by atoms with E-state index in [0.29, 0.717) is 22.3 Å². The zero-order valence-electron chi connectivity index (χ0n) is 32.0. The first-order valence-corrected chi connectivity index (χ1v) is 18.2. The van der Waals surface area contributed by atoms with E-state index < -0.39 is 54.9 Å². The highest BCUT2D eigenvalue weighted by Gasteiger charge is 2.27. The maximum Gasteiger partial charge on any atom is 0.475 e. The van der Waals surface area contributed by atoms with Crippen LogP contribution in [-0.2, 0) is 53.5 Å². The highest BCUT2D eigenvalue weighted by atomic mass is 31.2. The fourth-order valence-electron chi connectivity index (χ4n) is 3.91. The summed E-state index contributed by atoms with van der Waals surface area (Å²) in [5.41, 5.74) is 5.83. The van der Waals surface area contributed by atoms with Crippen molar-refractivity contribution < 1.29 is 65.8 Å². The van der Waals surface area contributed by atoms with E-state index in [-0.39, 0.29) is 62.8 Å². The summed E-state index contributed by atoms with van der Waals surface area (Å²) < 4.78 is 37.7. The zero-order valence-corrected chi connectivity index (χ0v) is 32.9. The molecule has 5 amide bonds. The van der Waals surface area contributed by atoms with Gasteiger partial charge in [-0.05, 0) is 31.2 Å². The molecule has 0 bridgehead atoms. The molecule has 2 aromatic carbocycles. The monoisotopic (exact) mass is 813 g/mol. The molecule has 0 aliphatic heterocycles. The van der Waals surface area contributed by atoms with Crippen molar-refractivity contribution >= 4 is 55.2 Å². The van der Waals surface area contributed by atoms with E-state index in [0.717, 1.165) is 7.11 Å². The number of rotatable bonds is 23. The lowest BCUT2D eigenvalue weighted by molar-refractivity contribution is -0.870. The highest BCUT2D eigenvalue weighted by molar-refractivity contribution is 7.48. The second-order valence-corrected chi connectivity index (χ2v) is 14.1. The van der Waals surface area contributed by atoms with E-state index in [9.17, 15) is 43.4 Å². The SMILES string of the molecule is COP(=O)(OCC[N+](C)(C)C)OCC(=O)NCCNC(=O)c1cc(NC(=O)C(C)NC(=O)CNC(=O)CN)ccc1COC=O.COc1ccc([N+](=O)[O-])cc1. The van der Waals surface area contributed by atoms with Gasteiger partial charge in [0.25, 0.3) is 18.1 Å². The second kappa shape index (κ2) is 24.8. The molecule has 2 unspecified atom stereocenters. The van der Waals surface area contributed by atoms with Gasteiger partial charge in [-0.1, -0.05) is 6.07 Å². The first-order valence-electron chi connectivity index (χ1n) is 16.7. The number of hydrogen-bond acceptors (Lipinski definition) is 15. The fraction of sp³-hybridized carbons (Fsp3) is 0.455. The van der Waals surface area contributed by atoms with Crippen LogP contribution in [0.25, 0.3) is 0 Å². The molecule has 7 N–H and O–H groups in total. The lowest BCUT2D eigenvalue weighted by Gasteiger charge is -2.24. The molecule has 0 saturated carbocycles. The molecule has 0 aromatic heterocycles. The van der Waals surface area contributed by atoms with Gasteiger partial charge >= 0.3 is 7.82 Å². The Hall–Kier alpha value is -5.51. The largest absolute Gasteiger partial charge is 0.497 e. The number of likely N-dealkylation sites (N-methyl/N-ethyl adjacent to an activating group) is 1. The Labute approximate surface area is 323 Å². The van der Waals surface area contributed by atoms with Gasteiger partial charge in [-0.3, -0.25) is 52.5 Å². The lowest BCUT2D eigenvalue weighted by atomic mass is 10.1. The number of ether oxygens (including phenoxy) is 2. The summed E-state index contributed by atoms with van der Waals surface area (Å²) in [4.78, 5) is 81.2. The van der Waals surface area contributed by atoms with Gasteiger partial charge in [-0.25, -0.2) is 4.57 Å². The third-order valence-electron chi connectivity index (χ3n) is 6.94. The number of methoxy groups -OCH3 is 1. The standard InChI is InChI=1S/C26H42N7O11P.C7H7NO3/c1-18(31-23(36)14-30-22(35)13-27)25(38)32-20-7-6-19(15-42-17-34)21(12-20)26(39)29-9-8-28-24(37)16-44-45(40,41-5)43-11-10-33(2,3)4;1-11-7-4-2-6(3-5-7)8(9)10/h6-7,12,17-18H,8-11,13-16,27H2,1-5H3,(H4-,28,29,30,31,32,35,36,37,38,39);2-5H,1H3/p+1. The van der Waals surface area contributed by atoms with Crippen molar-refractivity contribution in [1.29, 1.82) is 0 Å². The molecule has 310 valence electrons. The number of nitro benzene ring substituents is 1. The van der Waals surface area contributed by atoms with E-state index in [1.165, 1.54) is 44.4 Å². The van der Waals surface area contributed by atoms with Crippen LogP contribution in [0.1, 0.15) is 22.8 Å². The Kier molecular flexibility index (Phi) is 21.5. The van der Waals surface area contributed by atoms with Crippen LogP contribution >= 0.6 is 7.82 Å². The number of benzene rings is 2. The van der Waals surface area contributed by atoms with Gasteiger partial charge in [-0.2, -0.15) is 0 Å². The molecule has 0 aliphatic rings. The third kappa shape index (κ3) is 19.7. The number of anilines is 1. The Morgan fingerprint density at radius 1 is 0.946 bits per heavy atom. The number of nitrogens with one attached hydrogen (secondary N) is 5. The Morgan fingerprint density at radius 3 is 2.18 bits per heavy atom. The summed E-state index contributed by atoms with van der Waals surface area (Å²) in [6, 6.07) is 9.20. The van der Waals surface area contributed by atoms with Crippen LogP contribution < -0.4 is 37.1 Å². The number of nitrogens with zero attached hydrogens (tertiary/aromatic N) is 2. The van der Waals surface area contributed by atoms with Crippen LogP contribution in [0.3, 0.4) is 0 Å². The molecule has 0 fully saturated rings. The minimum atomic E-state index is -3.93. The molecule has 56 heavy (non-hydrogen) atoms. The molecule has 0 heterocycles. The number of phosphoric ester groups is 1. The van der Waals surface area contributed by atoms with E-state index in [1.54, 1.807) is 12.1 Å². The van der Waals surface area contributed by atoms with Crippen LogP contribution in [0.4, 0.5) is 11.4 Å². The van der Waals surface area contributed by atoms with Crippen LogP contribution in [0, 0.1) is 10.1 Å². The molecule has 2 aromatic rings. The van der Waals surface area contributed by atoms with Crippen LogP contribution in [-0.4, -0.2) is 133 Å². The van der Waals surface area contributed by atoms with Crippen molar-refractivity contribution in [2.75, 3.05) is 86.6 Å². The summed E-state index contributed by atoms with van der Waals surface area (Å²) in [7, 11) is 4.49. The number of amides is 5. The minimum absolute atomic E-state index is 0.0207. The third-order valence-corrected chi connectivity index (χ3v) is 8.33. The number of carbonyl (C=O) groups is 6. The van der Waals surface area contributed by atoms with Gasteiger partial charge in [0.05, 0.1) is 46.3 Å². The predicted octanol–water partition coefficient (Wildman–Crippen LogP) is -0.179. The average molecular weight is 814 g/mol. The Bertz CT molecular complexity index is 1690. The molecule has 2 rings (SSSR count). The quantitative estimate of drug-likeness (QED) is 0.0212. The topological polar surface area (TPSA) is 295 Å². The van der Waals surface area contributed by atoms with Crippen molar-refractivity contribution in [2.45, 2.75) is 19.6 Å². The number of hydrogen-bond donors (Lipinski definition) is 6. The number of phosphoric acid groups is 1. The summed E-state index contributed by atoms with van der Waals surface area (Å²) >= 11 is 0. The average Bonchev–Trinajstić information content (AvgIpc) is 3.16.